The summed E-state index contributed by atoms with van der Waals surface area (Å²) >= 11 is 0. The van der Waals surface area contributed by atoms with Crippen molar-refractivity contribution in [3.8, 4) is 0 Å². The van der Waals surface area contributed by atoms with Crippen LogP contribution >= 0.6 is 0 Å². The van der Waals surface area contributed by atoms with E-state index >= 15 is 0 Å². The van der Waals surface area contributed by atoms with Crippen LogP contribution in [0.4, 0.5) is 0 Å². The molecule has 1 heterocycles. The minimum Gasteiger partial charge on any atom is -0.436 e. The predicted octanol–water partition coefficient (Wildman–Crippen LogP) is 5.13. The topological polar surface area (TPSA) is 43.1 Å². The lowest BCUT2D eigenvalue weighted by Gasteiger charge is -2.00. The Kier molecular flexibility index (Phi) is 5.05. The van der Waals surface area contributed by atoms with E-state index in [4.69, 9.17) is 4.42 Å². The Balaban J connectivity index is 1.88. The fraction of sp³-hybridized carbons (Fsp3) is 0.0909. The molecule has 0 unspecified atom stereocenters. The molecule has 0 aliphatic carbocycles. The van der Waals surface area contributed by atoms with Crippen LogP contribution in [0.1, 0.15) is 23.9 Å². The Morgan fingerprint density at radius 3 is 2.64 bits per heavy atom. The molecule has 0 amide bonds. The van der Waals surface area contributed by atoms with Crippen molar-refractivity contribution in [3.63, 3.8) is 0 Å². The minimum absolute atomic E-state index is 0.403. The molecule has 0 spiro atoms. The number of carbonyl (C=O) groups excluding carboxylic acids is 1. The number of hydrogen-bond acceptors (Lipinski definition) is 3. The maximum atomic E-state index is 10.7. The summed E-state index contributed by atoms with van der Waals surface area (Å²) in [5, 5.41) is 0. The molecule has 0 saturated heterocycles. The molecule has 2 aromatic carbocycles. The summed E-state index contributed by atoms with van der Waals surface area (Å²) in [7, 11) is 0. The van der Waals surface area contributed by atoms with Crippen LogP contribution < -0.4 is 0 Å². The molecule has 3 aromatic rings. The molecule has 3 rings (SSSR count). The second kappa shape index (κ2) is 7.58. The summed E-state index contributed by atoms with van der Waals surface area (Å²) in [6, 6.07) is 16.4. The van der Waals surface area contributed by atoms with E-state index < -0.39 is 0 Å². The first-order chi connectivity index (χ1) is 12.2. The quantitative estimate of drug-likeness (QED) is 0.357. The van der Waals surface area contributed by atoms with Gasteiger partial charge in [0, 0.05) is 11.1 Å². The van der Waals surface area contributed by atoms with E-state index in [9.17, 15) is 4.79 Å². The van der Waals surface area contributed by atoms with Gasteiger partial charge in [-0.3, -0.25) is 4.79 Å². The summed E-state index contributed by atoms with van der Waals surface area (Å²) in [5.74, 6) is 0.532. The number of fused-ring (bicyclic) bond motifs is 1. The van der Waals surface area contributed by atoms with Crippen molar-refractivity contribution >= 4 is 23.0 Å². The van der Waals surface area contributed by atoms with Gasteiger partial charge in [0.1, 0.15) is 11.8 Å². The normalized spacial score (nSPS) is 12.0. The van der Waals surface area contributed by atoms with Gasteiger partial charge in [0.05, 0.1) is 0 Å². The molecule has 25 heavy (non-hydrogen) atoms. The van der Waals surface area contributed by atoms with E-state index in [0.29, 0.717) is 17.7 Å². The number of benzene rings is 2. The number of hydrogen-bond donors (Lipinski definition) is 0. The van der Waals surface area contributed by atoms with Gasteiger partial charge in [0.25, 0.3) is 0 Å². The third kappa shape index (κ3) is 4.01. The fourth-order valence-electron chi connectivity index (χ4n) is 2.56. The van der Waals surface area contributed by atoms with Gasteiger partial charge in [-0.2, -0.15) is 0 Å². The Labute approximate surface area is 147 Å². The van der Waals surface area contributed by atoms with Crippen LogP contribution in [-0.4, -0.2) is 11.3 Å². The molecule has 124 valence electrons. The molecule has 0 aliphatic heterocycles. The molecule has 3 nitrogen and oxygen atoms in total. The molecule has 1 aromatic heterocycles. The van der Waals surface area contributed by atoms with Crippen LogP contribution in [0.25, 0.3) is 16.7 Å². The highest BCUT2D eigenvalue weighted by Gasteiger charge is 2.09. The second-order valence-corrected chi connectivity index (χ2v) is 5.75. The highest BCUT2D eigenvalue weighted by molar-refractivity contribution is 5.81. The number of allylic oxidation sites excluding steroid dienone is 5. The highest BCUT2D eigenvalue weighted by atomic mass is 16.3. The van der Waals surface area contributed by atoms with Gasteiger partial charge in [-0.05, 0) is 42.7 Å². The van der Waals surface area contributed by atoms with Crippen LogP contribution in [0, 0.1) is 0 Å². The Morgan fingerprint density at radius 1 is 1.12 bits per heavy atom. The number of aldehydes is 1. The molecule has 3 heteroatoms. The first-order valence-electron chi connectivity index (χ1n) is 8.12. The van der Waals surface area contributed by atoms with E-state index in [1.807, 2.05) is 43.3 Å². The lowest BCUT2D eigenvalue weighted by Crippen LogP contribution is -1.86. The van der Waals surface area contributed by atoms with Gasteiger partial charge in [0.15, 0.2) is 5.58 Å². The number of nitrogens with zero attached hydrogens (tertiary/aromatic N) is 1. The summed E-state index contributed by atoms with van der Waals surface area (Å²) in [5.41, 5.74) is 5.21. The molecule has 0 fully saturated rings. The number of carbonyl (C=O) groups is 1. The summed E-state index contributed by atoms with van der Waals surface area (Å²) in [6.45, 7) is 5.54. The zero-order chi connectivity index (χ0) is 17.6. The largest absolute Gasteiger partial charge is 0.436 e. The molecule has 0 atom stereocenters. The monoisotopic (exact) mass is 329 g/mol. The van der Waals surface area contributed by atoms with E-state index in [-0.39, 0.29) is 0 Å². The molecular weight excluding hydrogens is 310 g/mol. The van der Waals surface area contributed by atoms with Crippen molar-refractivity contribution in [2.75, 3.05) is 0 Å². The standard InChI is InChI=1S/C22H19NO2/c1-3-19(11-9-16(2)15-24)22-23-20-12-10-18(14-21(20)25-22)13-17-7-5-4-6-8-17/h3-12,14-15H,2,13H2,1H3/b11-9-,19-3+. The second-order valence-electron chi connectivity index (χ2n) is 5.75. The minimum atomic E-state index is 0.403. The molecule has 0 radical (unpaired) electrons. The maximum absolute atomic E-state index is 10.7. The summed E-state index contributed by atoms with van der Waals surface area (Å²) in [6.07, 6.45) is 6.89. The van der Waals surface area contributed by atoms with Crippen LogP contribution in [-0.2, 0) is 11.2 Å². The van der Waals surface area contributed by atoms with E-state index in [1.54, 1.807) is 12.2 Å². The van der Waals surface area contributed by atoms with Crippen molar-refractivity contribution in [1.82, 2.24) is 4.98 Å². The lowest BCUT2D eigenvalue weighted by molar-refractivity contribution is -0.104. The highest BCUT2D eigenvalue weighted by Crippen LogP contribution is 2.24. The van der Waals surface area contributed by atoms with Crippen molar-refractivity contribution in [1.29, 1.82) is 0 Å². The van der Waals surface area contributed by atoms with Gasteiger partial charge in [0.2, 0.25) is 5.89 Å². The van der Waals surface area contributed by atoms with Crippen LogP contribution in [0.2, 0.25) is 0 Å². The molecule has 0 saturated carbocycles. The number of aromatic nitrogens is 1. The van der Waals surface area contributed by atoms with Crippen molar-refractivity contribution in [2.24, 2.45) is 0 Å². The van der Waals surface area contributed by atoms with Crippen molar-refractivity contribution in [3.05, 3.63) is 95.9 Å². The smallest absolute Gasteiger partial charge is 0.226 e. The van der Waals surface area contributed by atoms with Gasteiger partial charge < -0.3 is 4.42 Å². The lowest BCUT2D eigenvalue weighted by atomic mass is 10.1. The molecule has 0 N–H and O–H groups in total. The zero-order valence-electron chi connectivity index (χ0n) is 14.1. The average molecular weight is 329 g/mol. The van der Waals surface area contributed by atoms with E-state index in [0.717, 1.165) is 23.1 Å². The van der Waals surface area contributed by atoms with Crippen LogP contribution in [0.5, 0.6) is 0 Å². The van der Waals surface area contributed by atoms with Crippen LogP contribution in [0.3, 0.4) is 0 Å². The summed E-state index contributed by atoms with van der Waals surface area (Å²) < 4.78 is 5.92. The third-order valence-electron chi connectivity index (χ3n) is 3.89. The first kappa shape index (κ1) is 16.7. The maximum Gasteiger partial charge on any atom is 0.226 e. The summed E-state index contributed by atoms with van der Waals surface area (Å²) in [4.78, 5) is 15.2. The van der Waals surface area contributed by atoms with E-state index in [2.05, 4.69) is 29.8 Å². The third-order valence-corrected chi connectivity index (χ3v) is 3.89. The Hall–Kier alpha value is -3.20. The average Bonchev–Trinajstić information content (AvgIpc) is 3.06. The number of rotatable bonds is 6. The predicted molar refractivity (Wildman–Crippen MR) is 101 cm³/mol. The molecular formula is C22H19NO2. The zero-order valence-corrected chi connectivity index (χ0v) is 14.1. The first-order valence-corrected chi connectivity index (χ1v) is 8.12. The molecule has 0 aliphatic rings. The number of oxazole rings is 1. The van der Waals surface area contributed by atoms with Crippen molar-refractivity contribution in [2.45, 2.75) is 13.3 Å². The SMILES string of the molecule is C=C(C=O)/C=C\C(=C/C)c1nc2ccc(Cc3ccccc3)cc2o1. The Morgan fingerprint density at radius 2 is 1.92 bits per heavy atom. The van der Waals surface area contributed by atoms with Gasteiger partial charge >= 0.3 is 0 Å². The molecule has 0 bridgehead atoms. The van der Waals surface area contributed by atoms with Crippen molar-refractivity contribution < 1.29 is 9.21 Å². The van der Waals surface area contributed by atoms with Gasteiger partial charge in [-0.25, -0.2) is 4.98 Å². The van der Waals surface area contributed by atoms with Gasteiger partial charge in [-0.15, -0.1) is 0 Å². The Bertz CT molecular complexity index is 962. The van der Waals surface area contributed by atoms with E-state index in [1.165, 1.54) is 11.1 Å². The van der Waals surface area contributed by atoms with Gasteiger partial charge in [-0.1, -0.05) is 55.1 Å². The van der Waals surface area contributed by atoms with Crippen LogP contribution in [0.15, 0.2) is 83.3 Å². The fourth-order valence-corrected chi connectivity index (χ4v) is 2.56.